The summed E-state index contributed by atoms with van der Waals surface area (Å²) in [5.74, 6) is 0.118. The molecule has 0 saturated heterocycles. The van der Waals surface area contributed by atoms with Gasteiger partial charge in [-0.2, -0.15) is 5.10 Å². The van der Waals surface area contributed by atoms with Crippen molar-refractivity contribution in [2.75, 3.05) is 11.9 Å². The number of anilines is 1. The number of halogens is 1. The van der Waals surface area contributed by atoms with Crippen LogP contribution in [0.25, 0.3) is 0 Å². The molecule has 2 rings (SSSR count). The minimum absolute atomic E-state index is 0.111. The van der Waals surface area contributed by atoms with E-state index in [0.29, 0.717) is 11.4 Å². The SMILES string of the molecule is CC(C)(O)CNC(=O)Nc1ccnn1Cc1ccccc1F. The van der Waals surface area contributed by atoms with E-state index in [1.165, 1.54) is 16.9 Å². The van der Waals surface area contributed by atoms with E-state index in [1.54, 1.807) is 38.1 Å². The second-order valence-electron chi connectivity index (χ2n) is 5.59. The predicted octanol–water partition coefficient (Wildman–Crippen LogP) is 1.96. The number of carbonyl (C=O) groups excluding carboxylic acids is 1. The van der Waals surface area contributed by atoms with Gasteiger partial charge in [-0.1, -0.05) is 18.2 Å². The summed E-state index contributed by atoms with van der Waals surface area (Å²) in [7, 11) is 0. The molecule has 0 spiro atoms. The van der Waals surface area contributed by atoms with Crippen LogP contribution < -0.4 is 10.6 Å². The van der Waals surface area contributed by atoms with Crippen LogP contribution in [0.2, 0.25) is 0 Å². The minimum atomic E-state index is -0.995. The fourth-order valence-electron chi connectivity index (χ4n) is 1.81. The van der Waals surface area contributed by atoms with Gasteiger partial charge in [-0.05, 0) is 19.9 Å². The molecular formula is C15H19FN4O2. The molecule has 7 heteroatoms. The fourth-order valence-corrected chi connectivity index (χ4v) is 1.81. The van der Waals surface area contributed by atoms with Crippen molar-refractivity contribution in [3.8, 4) is 0 Å². The third kappa shape index (κ3) is 4.56. The lowest BCUT2D eigenvalue weighted by Crippen LogP contribution is -2.40. The maximum Gasteiger partial charge on any atom is 0.320 e. The highest BCUT2D eigenvalue weighted by molar-refractivity contribution is 5.88. The number of nitrogens with one attached hydrogen (secondary N) is 2. The lowest BCUT2D eigenvalue weighted by atomic mass is 10.1. The summed E-state index contributed by atoms with van der Waals surface area (Å²) in [4.78, 5) is 11.8. The normalized spacial score (nSPS) is 11.3. The lowest BCUT2D eigenvalue weighted by Gasteiger charge is -2.18. The first-order valence-electron chi connectivity index (χ1n) is 6.87. The smallest absolute Gasteiger partial charge is 0.320 e. The van der Waals surface area contributed by atoms with Gasteiger partial charge in [-0.3, -0.25) is 5.32 Å². The van der Waals surface area contributed by atoms with Gasteiger partial charge in [-0.15, -0.1) is 0 Å². The van der Waals surface area contributed by atoms with Crippen molar-refractivity contribution >= 4 is 11.8 Å². The molecule has 6 nitrogen and oxygen atoms in total. The summed E-state index contributed by atoms with van der Waals surface area (Å²) in [5, 5.41) is 18.8. The van der Waals surface area contributed by atoms with Gasteiger partial charge < -0.3 is 10.4 Å². The molecule has 0 aliphatic heterocycles. The molecule has 0 aliphatic rings. The molecule has 22 heavy (non-hydrogen) atoms. The van der Waals surface area contributed by atoms with Crippen molar-refractivity contribution in [2.45, 2.75) is 26.0 Å². The van der Waals surface area contributed by atoms with E-state index in [0.717, 1.165) is 0 Å². The van der Waals surface area contributed by atoms with Crippen LogP contribution in [0.3, 0.4) is 0 Å². The predicted molar refractivity (Wildman–Crippen MR) is 81.0 cm³/mol. The molecule has 1 heterocycles. The number of aromatic nitrogens is 2. The van der Waals surface area contributed by atoms with Gasteiger partial charge in [0.25, 0.3) is 0 Å². The molecule has 1 aromatic heterocycles. The Morgan fingerprint density at radius 2 is 2.09 bits per heavy atom. The zero-order chi connectivity index (χ0) is 16.2. The molecule has 1 aromatic carbocycles. The van der Waals surface area contributed by atoms with Crippen molar-refractivity contribution in [2.24, 2.45) is 0 Å². The molecule has 0 atom stereocenters. The van der Waals surface area contributed by atoms with Crippen molar-refractivity contribution < 1.29 is 14.3 Å². The number of amides is 2. The Morgan fingerprint density at radius 1 is 1.36 bits per heavy atom. The van der Waals surface area contributed by atoms with Gasteiger partial charge in [0.15, 0.2) is 0 Å². The minimum Gasteiger partial charge on any atom is -0.389 e. The van der Waals surface area contributed by atoms with E-state index in [4.69, 9.17) is 0 Å². The Balaban J connectivity index is 2.01. The Kier molecular flexibility index (Phi) is 4.77. The highest BCUT2D eigenvalue weighted by atomic mass is 19.1. The molecule has 118 valence electrons. The zero-order valence-electron chi connectivity index (χ0n) is 12.5. The van der Waals surface area contributed by atoms with Gasteiger partial charge in [0, 0.05) is 18.2 Å². The van der Waals surface area contributed by atoms with Gasteiger partial charge in [0.05, 0.1) is 18.3 Å². The first-order chi connectivity index (χ1) is 10.3. The van der Waals surface area contributed by atoms with Crippen molar-refractivity contribution in [3.63, 3.8) is 0 Å². The van der Waals surface area contributed by atoms with Gasteiger partial charge >= 0.3 is 6.03 Å². The van der Waals surface area contributed by atoms with Crippen molar-refractivity contribution in [3.05, 3.63) is 47.9 Å². The molecule has 0 bridgehead atoms. The quantitative estimate of drug-likeness (QED) is 0.790. The van der Waals surface area contributed by atoms with E-state index in [1.807, 2.05) is 0 Å². The summed E-state index contributed by atoms with van der Waals surface area (Å²) in [6.45, 7) is 3.51. The van der Waals surface area contributed by atoms with Crippen LogP contribution in [0, 0.1) is 5.82 Å². The second-order valence-corrected chi connectivity index (χ2v) is 5.59. The van der Waals surface area contributed by atoms with Gasteiger partial charge in [0.2, 0.25) is 0 Å². The molecule has 2 amide bonds. The Bertz CT molecular complexity index is 649. The lowest BCUT2D eigenvalue weighted by molar-refractivity contribution is 0.0826. The zero-order valence-corrected chi connectivity index (χ0v) is 12.5. The average molecular weight is 306 g/mol. The molecule has 0 unspecified atom stereocenters. The number of hydrogen-bond donors (Lipinski definition) is 3. The summed E-state index contributed by atoms with van der Waals surface area (Å²) in [6, 6.07) is 7.55. The molecule has 0 saturated carbocycles. The van der Waals surface area contributed by atoms with Crippen LogP contribution in [0.4, 0.5) is 15.0 Å². The fraction of sp³-hybridized carbons (Fsp3) is 0.333. The van der Waals surface area contributed by atoms with Crippen LogP contribution in [-0.2, 0) is 6.54 Å². The van der Waals surface area contributed by atoms with E-state index in [2.05, 4.69) is 15.7 Å². The van der Waals surface area contributed by atoms with Gasteiger partial charge in [0.1, 0.15) is 11.6 Å². The van der Waals surface area contributed by atoms with Gasteiger partial charge in [-0.25, -0.2) is 13.9 Å². The van der Waals surface area contributed by atoms with E-state index >= 15 is 0 Å². The first kappa shape index (κ1) is 16.0. The summed E-state index contributed by atoms with van der Waals surface area (Å²) in [6.07, 6.45) is 1.52. The van der Waals surface area contributed by atoms with Crippen LogP contribution in [0.15, 0.2) is 36.5 Å². The Hall–Kier alpha value is -2.41. The maximum atomic E-state index is 13.7. The number of urea groups is 1. The summed E-state index contributed by atoms with van der Waals surface area (Å²) < 4.78 is 15.1. The van der Waals surface area contributed by atoms with Crippen molar-refractivity contribution in [1.82, 2.24) is 15.1 Å². The third-order valence-electron chi connectivity index (χ3n) is 2.92. The molecule has 0 aliphatic carbocycles. The van der Waals surface area contributed by atoms with Crippen LogP contribution in [0.1, 0.15) is 19.4 Å². The largest absolute Gasteiger partial charge is 0.389 e. The Morgan fingerprint density at radius 3 is 2.77 bits per heavy atom. The summed E-state index contributed by atoms with van der Waals surface area (Å²) >= 11 is 0. The number of aliphatic hydroxyl groups is 1. The van der Waals surface area contributed by atoms with E-state index < -0.39 is 11.6 Å². The maximum absolute atomic E-state index is 13.7. The molecular weight excluding hydrogens is 287 g/mol. The second kappa shape index (κ2) is 6.57. The molecule has 3 N–H and O–H groups in total. The Labute approximate surface area is 128 Å². The summed E-state index contributed by atoms with van der Waals surface area (Å²) in [5.41, 5.74) is -0.517. The highest BCUT2D eigenvalue weighted by Crippen LogP contribution is 2.12. The number of hydrogen-bond acceptors (Lipinski definition) is 3. The standard InChI is InChI=1S/C15H19FN4O2/c1-15(2,22)10-17-14(21)19-13-7-8-18-20(13)9-11-5-3-4-6-12(11)16/h3-8,22H,9-10H2,1-2H3,(H2,17,19,21). The monoisotopic (exact) mass is 306 g/mol. The average Bonchev–Trinajstić information content (AvgIpc) is 2.86. The van der Waals surface area contributed by atoms with Crippen LogP contribution in [0.5, 0.6) is 0 Å². The van der Waals surface area contributed by atoms with Crippen molar-refractivity contribution in [1.29, 1.82) is 0 Å². The topological polar surface area (TPSA) is 79.2 Å². The van der Waals surface area contributed by atoms with Crippen LogP contribution >= 0.6 is 0 Å². The number of benzene rings is 1. The van der Waals surface area contributed by atoms with E-state index in [-0.39, 0.29) is 18.9 Å². The first-order valence-corrected chi connectivity index (χ1v) is 6.87. The number of nitrogens with zero attached hydrogens (tertiary/aromatic N) is 2. The molecule has 0 radical (unpaired) electrons. The van der Waals surface area contributed by atoms with E-state index in [9.17, 15) is 14.3 Å². The molecule has 2 aromatic rings. The number of carbonyl (C=O) groups is 1. The number of rotatable bonds is 5. The third-order valence-corrected chi connectivity index (χ3v) is 2.92. The highest BCUT2D eigenvalue weighted by Gasteiger charge is 2.15. The van der Waals surface area contributed by atoms with Crippen LogP contribution in [-0.4, -0.2) is 33.1 Å². The molecule has 0 fully saturated rings.